The summed E-state index contributed by atoms with van der Waals surface area (Å²) >= 11 is 0. The number of benzene rings is 1. The summed E-state index contributed by atoms with van der Waals surface area (Å²) in [4.78, 5) is 0. The number of aliphatic hydroxyl groups is 1. The first-order valence-electron chi connectivity index (χ1n) is 6.69. The Hall–Kier alpha value is -1.04. The lowest BCUT2D eigenvalue weighted by Gasteiger charge is -2.25. The number of rotatable bonds is 8. The van der Waals surface area contributed by atoms with E-state index in [1.165, 1.54) is 6.07 Å². The van der Waals surface area contributed by atoms with Gasteiger partial charge in [-0.3, -0.25) is 0 Å². The average molecular weight is 287 g/mol. The highest BCUT2D eigenvalue weighted by molar-refractivity contribution is 5.22. The molecule has 2 N–H and O–H groups in total. The van der Waals surface area contributed by atoms with Crippen LogP contribution in [0.5, 0.6) is 0 Å². The minimum absolute atomic E-state index is 0.0104. The van der Waals surface area contributed by atoms with Gasteiger partial charge in [-0.2, -0.15) is 0 Å². The number of methoxy groups -OCH3 is 1. The molecule has 20 heavy (non-hydrogen) atoms. The number of ether oxygens (including phenoxy) is 1. The molecule has 1 rings (SSSR count). The Bertz CT molecular complexity index is 404. The summed E-state index contributed by atoms with van der Waals surface area (Å²) in [5.74, 6) is -1.45. The number of halogens is 2. The molecule has 114 valence electrons. The van der Waals surface area contributed by atoms with Crippen molar-refractivity contribution in [1.29, 1.82) is 0 Å². The van der Waals surface area contributed by atoms with Crippen LogP contribution in [0, 0.1) is 17.0 Å². The second-order valence-electron chi connectivity index (χ2n) is 5.69. The van der Waals surface area contributed by atoms with Gasteiger partial charge in [0.15, 0.2) is 0 Å². The molecule has 0 fully saturated rings. The van der Waals surface area contributed by atoms with Gasteiger partial charge < -0.3 is 15.2 Å². The Balaban J connectivity index is 2.50. The first kappa shape index (κ1) is 17.0. The van der Waals surface area contributed by atoms with Crippen molar-refractivity contribution in [3.05, 3.63) is 35.4 Å². The molecule has 0 bridgehead atoms. The van der Waals surface area contributed by atoms with Crippen LogP contribution in [0.1, 0.15) is 31.9 Å². The SMILES string of the molecule is COCCC(C)(C)CNCC(O)c1c(F)cccc1F. The van der Waals surface area contributed by atoms with Crippen molar-refractivity contribution in [1.82, 2.24) is 5.32 Å². The van der Waals surface area contributed by atoms with Crippen LogP contribution in [0.4, 0.5) is 8.78 Å². The van der Waals surface area contributed by atoms with Gasteiger partial charge in [0.1, 0.15) is 11.6 Å². The minimum Gasteiger partial charge on any atom is -0.387 e. The monoisotopic (exact) mass is 287 g/mol. The molecule has 0 spiro atoms. The molecule has 0 aliphatic carbocycles. The first-order chi connectivity index (χ1) is 9.37. The molecule has 0 saturated carbocycles. The summed E-state index contributed by atoms with van der Waals surface area (Å²) in [7, 11) is 1.65. The van der Waals surface area contributed by atoms with Crippen molar-refractivity contribution in [3.63, 3.8) is 0 Å². The van der Waals surface area contributed by atoms with Crippen molar-refractivity contribution < 1.29 is 18.6 Å². The normalized spacial score (nSPS) is 13.5. The molecule has 0 amide bonds. The number of hydrogen-bond donors (Lipinski definition) is 2. The fourth-order valence-corrected chi connectivity index (χ4v) is 1.95. The van der Waals surface area contributed by atoms with Gasteiger partial charge in [0.25, 0.3) is 0 Å². The van der Waals surface area contributed by atoms with Crippen molar-refractivity contribution in [2.75, 3.05) is 26.8 Å². The zero-order valence-corrected chi connectivity index (χ0v) is 12.2. The predicted octanol–water partition coefficient (Wildman–Crippen LogP) is 2.65. The lowest BCUT2D eigenvalue weighted by Crippen LogP contribution is -2.33. The van der Waals surface area contributed by atoms with Crippen LogP contribution in [0.15, 0.2) is 18.2 Å². The van der Waals surface area contributed by atoms with Crippen molar-refractivity contribution >= 4 is 0 Å². The summed E-state index contributed by atoms with van der Waals surface area (Å²) in [6, 6.07) is 3.57. The topological polar surface area (TPSA) is 41.5 Å². The van der Waals surface area contributed by atoms with Crippen molar-refractivity contribution in [3.8, 4) is 0 Å². The zero-order chi connectivity index (χ0) is 15.2. The third-order valence-electron chi connectivity index (χ3n) is 3.26. The van der Waals surface area contributed by atoms with Gasteiger partial charge >= 0.3 is 0 Å². The molecular formula is C15H23F2NO2. The van der Waals surface area contributed by atoms with E-state index in [4.69, 9.17) is 4.74 Å². The van der Waals surface area contributed by atoms with Gasteiger partial charge in [0.05, 0.1) is 11.7 Å². The van der Waals surface area contributed by atoms with Crippen molar-refractivity contribution in [2.45, 2.75) is 26.4 Å². The van der Waals surface area contributed by atoms with E-state index in [1.807, 2.05) is 0 Å². The minimum atomic E-state index is -1.20. The lowest BCUT2D eigenvalue weighted by atomic mass is 9.89. The van der Waals surface area contributed by atoms with Gasteiger partial charge in [-0.1, -0.05) is 19.9 Å². The van der Waals surface area contributed by atoms with Crippen LogP contribution in [-0.4, -0.2) is 31.9 Å². The highest BCUT2D eigenvalue weighted by atomic mass is 19.1. The van der Waals surface area contributed by atoms with Crippen molar-refractivity contribution in [2.24, 2.45) is 5.41 Å². The Morgan fingerprint density at radius 3 is 2.45 bits per heavy atom. The van der Waals surface area contributed by atoms with E-state index in [9.17, 15) is 13.9 Å². The second-order valence-corrected chi connectivity index (χ2v) is 5.69. The van der Waals surface area contributed by atoms with Crippen LogP contribution >= 0.6 is 0 Å². The third kappa shape index (κ3) is 5.15. The Morgan fingerprint density at radius 2 is 1.90 bits per heavy atom. The zero-order valence-electron chi connectivity index (χ0n) is 12.2. The molecule has 0 saturated heterocycles. The van der Waals surface area contributed by atoms with Crippen LogP contribution in [-0.2, 0) is 4.74 Å². The standard InChI is InChI=1S/C15H23F2NO2/c1-15(2,7-8-20-3)10-18-9-13(19)14-11(16)5-4-6-12(14)17/h4-6,13,18-19H,7-10H2,1-3H3. The maximum absolute atomic E-state index is 13.5. The second kappa shape index (κ2) is 7.67. The molecule has 0 aromatic heterocycles. The van der Waals surface area contributed by atoms with E-state index in [-0.39, 0.29) is 17.5 Å². The van der Waals surface area contributed by atoms with E-state index >= 15 is 0 Å². The number of hydrogen-bond acceptors (Lipinski definition) is 3. The van der Waals surface area contributed by atoms with Crippen LogP contribution in [0.2, 0.25) is 0 Å². The van der Waals surface area contributed by atoms with E-state index in [1.54, 1.807) is 7.11 Å². The van der Waals surface area contributed by atoms with Gasteiger partial charge in [-0.25, -0.2) is 8.78 Å². The fraction of sp³-hybridized carbons (Fsp3) is 0.600. The Kier molecular flexibility index (Phi) is 6.52. The summed E-state index contributed by atoms with van der Waals surface area (Å²) < 4.78 is 32.0. The molecule has 1 aromatic rings. The molecule has 0 radical (unpaired) electrons. The summed E-state index contributed by atoms with van der Waals surface area (Å²) in [6.07, 6.45) is -0.338. The van der Waals surface area contributed by atoms with Gasteiger partial charge in [0.2, 0.25) is 0 Å². The Labute approximate surface area is 119 Å². The third-order valence-corrected chi connectivity index (χ3v) is 3.26. The van der Waals surface area contributed by atoms with E-state index in [2.05, 4.69) is 19.2 Å². The quantitative estimate of drug-likeness (QED) is 0.772. The first-order valence-corrected chi connectivity index (χ1v) is 6.69. The van der Waals surface area contributed by atoms with E-state index in [0.717, 1.165) is 18.6 Å². The maximum atomic E-state index is 13.5. The molecule has 1 atom stereocenters. The Morgan fingerprint density at radius 1 is 1.30 bits per heavy atom. The van der Waals surface area contributed by atoms with E-state index < -0.39 is 17.7 Å². The molecule has 0 heterocycles. The molecule has 3 nitrogen and oxygen atoms in total. The maximum Gasteiger partial charge on any atom is 0.131 e. The molecular weight excluding hydrogens is 264 g/mol. The highest BCUT2D eigenvalue weighted by Crippen LogP contribution is 2.22. The van der Waals surface area contributed by atoms with Crippen LogP contribution < -0.4 is 5.32 Å². The highest BCUT2D eigenvalue weighted by Gasteiger charge is 2.20. The number of nitrogens with one attached hydrogen (secondary N) is 1. The lowest BCUT2D eigenvalue weighted by molar-refractivity contribution is 0.138. The van der Waals surface area contributed by atoms with Gasteiger partial charge in [0, 0.05) is 26.8 Å². The number of aliphatic hydroxyl groups excluding tert-OH is 1. The van der Waals surface area contributed by atoms with Crippen LogP contribution in [0.3, 0.4) is 0 Å². The van der Waals surface area contributed by atoms with Crippen LogP contribution in [0.25, 0.3) is 0 Å². The summed E-state index contributed by atoms with van der Waals surface area (Å²) in [5, 5.41) is 12.9. The fourth-order valence-electron chi connectivity index (χ4n) is 1.95. The summed E-state index contributed by atoms with van der Waals surface area (Å²) in [5.41, 5.74) is -0.293. The van der Waals surface area contributed by atoms with E-state index in [0.29, 0.717) is 13.2 Å². The predicted molar refractivity (Wildman–Crippen MR) is 74.5 cm³/mol. The summed E-state index contributed by atoms with van der Waals surface area (Å²) in [6.45, 7) is 5.51. The smallest absolute Gasteiger partial charge is 0.131 e. The van der Waals surface area contributed by atoms with Gasteiger partial charge in [-0.05, 0) is 24.0 Å². The largest absolute Gasteiger partial charge is 0.387 e. The average Bonchev–Trinajstić information content (AvgIpc) is 2.36. The van der Waals surface area contributed by atoms with Gasteiger partial charge in [-0.15, -0.1) is 0 Å². The molecule has 1 aromatic carbocycles. The molecule has 5 heteroatoms. The molecule has 0 aliphatic rings. The molecule has 0 aliphatic heterocycles. The molecule has 1 unspecified atom stereocenters.